The van der Waals surface area contributed by atoms with Crippen molar-refractivity contribution in [1.29, 1.82) is 0 Å². The van der Waals surface area contributed by atoms with Gasteiger partial charge in [-0.3, -0.25) is 0 Å². The number of hydrogen-bond acceptors (Lipinski definition) is 5. The number of phenolic OH excluding ortho intramolecular Hbond substituents is 1. The molecular formula is C46H66O5. The fraction of sp³-hybridized carbons (Fsp3) is 0.565. The standard InChI is InChI=1S/C46H66O5/c1-8-9-10-11-12-13-14-15-16-17-18-19-20-21-22-26-32-38-39(34-40(45(2,3)4)42(47)41(38)46(5,6)7)36-30-27-31-37(33-36)44(49)51-50-43(48)35-28-24-23-25-29-35/h23-25,27-31,33-34,47H,8-22,26,32H2,1-7H3. The van der Waals surface area contributed by atoms with Crippen LogP contribution in [0.3, 0.4) is 0 Å². The van der Waals surface area contributed by atoms with Crippen molar-refractivity contribution in [2.24, 2.45) is 0 Å². The SMILES string of the molecule is CCCCCCCCCCCCCCCCCCc1c(-c2cccc(C(=O)OOC(=O)c3ccccc3)c2)cc(C(C)(C)C)c(O)c1C(C)(C)C. The van der Waals surface area contributed by atoms with Crippen LogP contribution in [0.5, 0.6) is 5.75 Å². The lowest BCUT2D eigenvalue weighted by atomic mass is 9.74. The Morgan fingerprint density at radius 3 is 1.53 bits per heavy atom. The van der Waals surface area contributed by atoms with Gasteiger partial charge in [-0.15, -0.1) is 0 Å². The highest BCUT2D eigenvalue weighted by molar-refractivity contribution is 5.93. The van der Waals surface area contributed by atoms with Crippen molar-refractivity contribution in [3.63, 3.8) is 0 Å². The molecule has 0 amide bonds. The fourth-order valence-electron chi connectivity index (χ4n) is 7.02. The van der Waals surface area contributed by atoms with E-state index in [-0.39, 0.29) is 16.4 Å². The highest BCUT2D eigenvalue weighted by Gasteiger charge is 2.31. The van der Waals surface area contributed by atoms with E-state index in [4.69, 9.17) is 9.78 Å². The summed E-state index contributed by atoms with van der Waals surface area (Å²) in [7, 11) is 0. The molecule has 1 N–H and O–H groups in total. The van der Waals surface area contributed by atoms with E-state index in [1.54, 1.807) is 42.5 Å². The molecule has 0 aromatic heterocycles. The molecule has 0 radical (unpaired) electrons. The van der Waals surface area contributed by atoms with Crippen LogP contribution < -0.4 is 0 Å². The largest absolute Gasteiger partial charge is 0.507 e. The van der Waals surface area contributed by atoms with Crippen LogP contribution in [0.25, 0.3) is 11.1 Å². The molecule has 3 rings (SSSR count). The lowest BCUT2D eigenvalue weighted by Crippen LogP contribution is -2.20. The molecule has 51 heavy (non-hydrogen) atoms. The van der Waals surface area contributed by atoms with Crippen LogP contribution in [0, 0.1) is 0 Å². The van der Waals surface area contributed by atoms with E-state index in [2.05, 4.69) is 54.5 Å². The third-order valence-corrected chi connectivity index (χ3v) is 9.86. The average Bonchev–Trinajstić information content (AvgIpc) is 3.09. The summed E-state index contributed by atoms with van der Waals surface area (Å²) >= 11 is 0. The maximum atomic E-state index is 13.1. The Balaban J connectivity index is 1.66. The Morgan fingerprint density at radius 2 is 1.04 bits per heavy atom. The quantitative estimate of drug-likeness (QED) is 0.0722. The topological polar surface area (TPSA) is 72.8 Å². The molecule has 0 aliphatic rings. The predicted molar refractivity (Wildman–Crippen MR) is 211 cm³/mol. The van der Waals surface area contributed by atoms with Crippen LogP contribution >= 0.6 is 0 Å². The Hall–Kier alpha value is -3.60. The van der Waals surface area contributed by atoms with E-state index in [9.17, 15) is 14.7 Å². The van der Waals surface area contributed by atoms with E-state index in [1.807, 2.05) is 12.1 Å². The minimum absolute atomic E-state index is 0.282. The summed E-state index contributed by atoms with van der Waals surface area (Å²) in [4.78, 5) is 35.3. The van der Waals surface area contributed by atoms with Crippen LogP contribution in [-0.4, -0.2) is 17.0 Å². The molecular weight excluding hydrogens is 633 g/mol. The average molecular weight is 699 g/mol. The van der Waals surface area contributed by atoms with Gasteiger partial charge in [0.15, 0.2) is 0 Å². The Kier molecular flexibility index (Phi) is 17.3. The molecule has 0 aliphatic carbocycles. The molecule has 3 aromatic carbocycles. The maximum Gasteiger partial charge on any atom is 0.386 e. The molecule has 0 spiro atoms. The molecule has 0 unspecified atom stereocenters. The minimum atomic E-state index is -0.744. The number of carbonyl (C=O) groups excluding carboxylic acids is 2. The van der Waals surface area contributed by atoms with Gasteiger partial charge in [0.05, 0.1) is 11.1 Å². The molecule has 5 heteroatoms. The molecule has 0 saturated carbocycles. The number of phenols is 1. The molecule has 0 fully saturated rings. The van der Waals surface area contributed by atoms with Crippen molar-refractivity contribution in [2.45, 2.75) is 168 Å². The Labute approximate surface area is 309 Å². The molecule has 0 atom stereocenters. The zero-order valence-corrected chi connectivity index (χ0v) is 32.9. The van der Waals surface area contributed by atoms with Crippen molar-refractivity contribution in [3.8, 4) is 16.9 Å². The number of aromatic hydroxyl groups is 1. The van der Waals surface area contributed by atoms with Gasteiger partial charge in [0.1, 0.15) is 5.75 Å². The predicted octanol–water partition coefficient (Wildman–Crippen LogP) is 13.4. The minimum Gasteiger partial charge on any atom is -0.507 e. The van der Waals surface area contributed by atoms with Crippen LogP contribution in [0.2, 0.25) is 0 Å². The van der Waals surface area contributed by atoms with Crippen molar-refractivity contribution in [2.75, 3.05) is 0 Å². The number of hydrogen-bond donors (Lipinski definition) is 1. The molecule has 0 aliphatic heterocycles. The van der Waals surface area contributed by atoms with Gasteiger partial charge in [-0.2, -0.15) is 0 Å². The van der Waals surface area contributed by atoms with Gasteiger partial charge < -0.3 is 5.11 Å². The van der Waals surface area contributed by atoms with Gasteiger partial charge in [-0.05, 0) is 70.7 Å². The fourth-order valence-corrected chi connectivity index (χ4v) is 7.02. The second-order valence-electron chi connectivity index (χ2n) is 16.4. The van der Waals surface area contributed by atoms with Gasteiger partial charge in [0.25, 0.3) is 0 Å². The van der Waals surface area contributed by atoms with Crippen molar-refractivity contribution < 1.29 is 24.5 Å². The van der Waals surface area contributed by atoms with Gasteiger partial charge in [-0.25, -0.2) is 19.4 Å². The zero-order chi connectivity index (χ0) is 37.3. The van der Waals surface area contributed by atoms with Crippen molar-refractivity contribution in [1.82, 2.24) is 0 Å². The summed E-state index contributed by atoms with van der Waals surface area (Å²) in [6, 6.07) is 17.8. The summed E-state index contributed by atoms with van der Waals surface area (Å²) in [5, 5.41) is 11.8. The first-order chi connectivity index (χ1) is 24.3. The van der Waals surface area contributed by atoms with Gasteiger partial charge >= 0.3 is 11.9 Å². The number of carbonyl (C=O) groups is 2. The molecule has 280 valence electrons. The maximum absolute atomic E-state index is 13.1. The number of benzene rings is 3. The van der Waals surface area contributed by atoms with Gasteiger partial charge in [-0.1, -0.05) is 175 Å². The third kappa shape index (κ3) is 13.8. The third-order valence-electron chi connectivity index (χ3n) is 9.86. The molecule has 0 saturated heterocycles. The summed E-state index contributed by atoms with van der Waals surface area (Å²) in [6.07, 6.45) is 22.0. The van der Waals surface area contributed by atoms with E-state index < -0.39 is 11.9 Å². The van der Waals surface area contributed by atoms with Crippen molar-refractivity contribution in [3.05, 3.63) is 88.5 Å². The number of unbranched alkanes of at least 4 members (excludes halogenated alkanes) is 15. The van der Waals surface area contributed by atoms with Crippen LogP contribution in [0.15, 0.2) is 60.7 Å². The lowest BCUT2D eigenvalue weighted by molar-refractivity contribution is -0.187. The molecule has 0 bridgehead atoms. The van der Waals surface area contributed by atoms with Crippen LogP contribution in [0.4, 0.5) is 0 Å². The summed E-state index contributed by atoms with van der Waals surface area (Å²) in [5.74, 6) is -1.11. The molecule has 0 heterocycles. The Morgan fingerprint density at radius 1 is 0.569 bits per heavy atom. The van der Waals surface area contributed by atoms with E-state index in [0.717, 1.165) is 47.1 Å². The van der Waals surface area contributed by atoms with E-state index in [1.165, 1.54) is 89.9 Å². The normalized spacial score (nSPS) is 11.8. The van der Waals surface area contributed by atoms with Crippen molar-refractivity contribution >= 4 is 11.9 Å². The molecule has 3 aromatic rings. The Bertz CT molecular complexity index is 1490. The second kappa shape index (κ2) is 21.1. The summed E-state index contributed by atoms with van der Waals surface area (Å²) < 4.78 is 0. The van der Waals surface area contributed by atoms with Gasteiger partial charge in [0, 0.05) is 11.1 Å². The van der Waals surface area contributed by atoms with E-state index >= 15 is 0 Å². The summed E-state index contributed by atoms with van der Waals surface area (Å²) in [6.45, 7) is 15.1. The summed E-state index contributed by atoms with van der Waals surface area (Å²) in [5.41, 5.74) is 4.83. The highest BCUT2D eigenvalue weighted by atomic mass is 17.2. The first-order valence-electron chi connectivity index (χ1n) is 19.8. The molecule has 5 nitrogen and oxygen atoms in total. The lowest BCUT2D eigenvalue weighted by Gasteiger charge is -2.32. The van der Waals surface area contributed by atoms with E-state index in [0.29, 0.717) is 11.3 Å². The monoisotopic (exact) mass is 698 g/mol. The second-order valence-corrected chi connectivity index (χ2v) is 16.4. The van der Waals surface area contributed by atoms with Crippen LogP contribution in [-0.2, 0) is 27.0 Å². The smallest absolute Gasteiger partial charge is 0.386 e. The highest BCUT2D eigenvalue weighted by Crippen LogP contribution is 2.46. The number of rotatable bonds is 20. The first kappa shape index (κ1) is 41.8. The van der Waals surface area contributed by atoms with Gasteiger partial charge in [0.2, 0.25) is 0 Å². The zero-order valence-electron chi connectivity index (χ0n) is 32.9. The van der Waals surface area contributed by atoms with Crippen LogP contribution in [0.1, 0.15) is 189 Å². The first-order valence-corrected chi connectivity index (χ1v) is 19.8.